The van der Waals surface area contributed by atoms with Crippen LogP contribution in [0.1, 0.15) is 38.2 Å². The lowest BCUT2D eigenvalue weighted by atomic mass is 9.97. The van der Waals surface area contributed by atoms with Gasteiger partial charge in [0.05, 0.1) is 0 Å². The molecule has 2 aliphatic rings. The Bertz CT molecular complexity index is 543. The third-order valence-electron chi connectivity index (χ3n) is 4.89. The zero-order valence-corrected chi connectivity index (χ0v) is 13.0. The Kier molecular flexibility index (Phi) is 4.46. The molecule has 1 aromatic rings. The van der Waals surface area contributed by atoms with Gasteiger partial charge in [-0.2, -0.15) is 0 Å². The van der Waals surface area contributed by atoms with Gasteiger partial charge in [-0.25, -0.2) is 4.79 Å². The third kappa shape index (κ3) is 3.49. The number of hydrogen-bond acceptors (Lipinski definition) is 3. The number of rotatable bonds is 5. The van der Waals surface area contributed by atoms with Gasteiger partial charge in [0.25, 0.3) is 0 Å². The van der Waals surface area contributed by atoms with E-state index >= 15 is 0 Å². The topological polar surface area (TPSA) is 55.4 Å². The van der Waals surface area contributed by atoms with Crippen molar-refractivity contribution < 1.29 is 14.3 Å². The molecule has 2 aliphatic carbocycles. The van der Waals surface area contributed by atoms with Crippen molar-refractivity contribution >= 4 is 11.9 Å². The highest BCUT2D eigenvalue weighted by atomic mass is 16.5. The number of nitrogens with one attached hydrogen (secondary N) is 1. The fourth-order valence-electron chi connectivity index (χ4n) is 3.85. The summed E-state index contributed by atoms with van der Waals surface area (Å²) in [6.45, 7) is 1.43. The quantitative estimate of drug-likeness (QED) is 0.850. The summed E-state index contributed by atoms with van der Waals surface area (Å²) in [5.74, 6) is 0.766. The van der Waals surface area contributed by atoms with E-state index in [1.54, 1.807) is 0 Å². The molecule has 118 valence electrons. The minimum Gasteiger partial charge on any atom is -0.461 e. The number of carbonyl (C=O) groups excluding carboxylic acids is 2. The molecule has 0 heterocycles. The van der Waals surface area contributed by atoms with Crippen molar-refractivity contribution in [1.29, 1.82) is 0 Å². The lowest BCUT2D eigenvalue weighted by Gasteiger charge is -2.25. The first-order valence-electron chi connectivity index (χ1n) is 8.13. The molecule has 2 bridgehead atoms. The van der Waals surface area contributed by atoms with Gasteiger partial charge < -0.3 is 10.1 Å². The first-order chi connectivity index (χ1) is 10.6. The minimum absolute atomic E-state index is 0.0540. The molecule has 4 heteroatoms. The third-order valence-corrected chi connectivity index (χ3v) is 4.89. The predicted molar refractivity (Wildman–Crippen MR) is 83.1 cm³/mol. The first-order valence-corrected chi connectivity index (χ1v) is 8.13. The highest BCUT2D eigenvalue weighted by Crippen LogP contribution is 2.45. The van der Waals surface area contributed by atoms with Gasteiger partial charge in [0.15, 0.2) is 0 Å². The Morgan fingerprint density at radius 2 is 2.00 bits per heavy atom. The maximum absolute atomic E-state index is 12.5. The second-order valence-corrected chi connectivity index (χ2v) is 6.59. The molecule has 0 unspecified atom stereocenters. The van der Waals surface area contributed by atoms with Gasteiger partial charge >= 0.3 is 5.97 Å². The van der Waals surface area contributed by atoms with Crippen molar-refractivity contribution in [3.05, 3.63) is 35.9 Å². The maximum Gasteiger partial charge on any atom is 0.329 e. The van der Waals surface area contributed by atoms with Gasteiger partial charge in [-0.15, -0.1) is 0 Å². The first kappa shape index (κ1) is 15.1. The molecule has 4 nitrogen and oxygen atoms in total. The standard InChI is InChI=1S/C18H23NO3/c1-12(20)19-16(10-13-5-3-2-4-6-13)18(21)22-17-11-14-7-8-15(17)9-14/h2-6,14-17H,7-11H2,1H3,(H,19,20)/t14-,15+,16-,17+/m0/s1. The molecule has 2 fully saturated rings. The molecule has 1 aromatic carbocycles. The van der Waals surface area contributed by atoms with Gasteiger partial charge in [0, 0.05) is 13.3 Å². The van der Waals surface area contributed by atoms with Crippen LogP contribution in [0, 0.1) is 11.8 Å². The Labute approximate surface area is 131 Å². The molecule has 3 rings (SSSR count). The number of esters is 1. The molecule has 1 amide bonds. The average molecular weight is 301 g/mol. The lowest BCUT2D eigenvalue weighted by molar-refractivity contribution is -0.155. The Hall–Kier alpha value is -1.84. The number of benzene rings is 1. The fourth-order valence-corrected chi connectivity index (χ4v) is 3.85. The van der Waals surface area contributed by atoms with E-state index in [0.717, 1.165) is 17.9 Å². The van der Waals surface area contributed by atoms with Crippen molar-refractivity contribution in [1.82, 2.24) is 5.32 Å². The van der Waals surface area contributed by atoms with Crippen molar-refractivity contribution in [2.75, 3.05) is 0 Å². The predicted octanol–water partition coefficient (Wildman–Crippen LogP) is 2.47. The van der Waals surface area contributed by atoms with Crippen molar-refractivity contribution in [2.24, 2.45) is 11.8 Å². The van der Waals surface area contributed by atoms with Gasteiger partial charge in [0.2, 0.25) is 5.91 Å². The zero-order chi connectivity index (χ0) is 15.5. The smallest absolute Gasteiger partial charge is 0.329 e. The number of fused-ring (bicyclic) bond motifs is 2. The van der Waals surface area contributed by atoms with Crippen LogP contribution in [0.2, 0.25) is 0 Å². The van der Waals surface area contributed by atoms with E-state index in [4.69, 9.17) is 4.74 Å². The summed E-state index contributed by atoms with van der Waals surface area (Å²) >= 11 is 0. The summed E-state index contributed by atoms with van der Waals surface area (Å²) in [6, 6.07) is 9.12. The lowest BCUT2D eigenvalue weighted by Crippen LogP contribution is -2.44. The van der Waals surface area contributed by atoms with Crippen LogP contribution in [-0.4, -0.2) is 24.0 Å². The molecular weight excluding hydrogens is 278 g/mol. The molecule has 4 atom stereocenters. The van der Waals surface area contributed by atoms with E-state index in [9.17, 15) is 9.59 Å². The second-order valence-electron chi connectivity index (χ2n) is 6.59. The van der Waals surface area contributed by atoms with Gasteiger partial charge in [-0.3, -0.25) is 4.79 Å². The second kappa shape index (κ2) is 6.51. The maximum atomic E-state index is 12.5. The van der Waals surface area contributed by atoms with Crippen molar-refractivity contribution in [2.45, 2.75) is 51.2 Å². The van der Waals surface area contributed by atoms with Crippen LogP contribution in [0.4, 0.5) is 0 Å². The van der Waals surface area contributed by atoms with Crippen LogP contribution in [0.25, 0.3) is 0 Å². The van der Waals surface area contributed by atoms with E-state index in [1.165, 1.54) is 26.2 Å². The number of amides is 1. The molecule has 2 saturated carbocycles. The molecule has 0 aromatic heterocycles. The van der Waals surface area contributed by atoms with Crippen LogP contribution in [0.3, 0.4) is 0 Å². The molecule has 0 spiro atoms. The Morgan fingerprint density at radius 1 is 1.23 bits per heavy atom. The van der Waals surface area contributed by atoms with Gasteiger partial charge in [-0.05, 0) is 43.1 Å². The summed E-state index contributed by atoms with van der Waals surface area (Å²) in [4.78, 5) is 23.9. The summed E-state index contributed by atoms with van der Waals surface area (Å²) in [7, 11) is 0. The molecule has 0 aliphatic heterocycles. The van der Waals surface area contributed by atoms with Gasteiger partial charge in [-0.1, -0.05) is 30.3 Å². The van der Waals surface area contributed by atoms with E-state index in [0.29, 0.717) is 12.3 Å². The SMILES string of the molecule is CC(=O)N[C@@H](Cc1ccccc1)C(=O)O[C@@H]1C[C@H]2CC[C@@H]1C2. The zero-order valence-electron chi connectivity index (χ0n) is 13.0. The highest BCUT2D eigenvalue weighted by Gasteiger charge is 2.42. The largest absolute Gasteiger partial charge is 0.461 e. The molecular formula is C18H23NO3. The average Bonchev–Trinajstić information content (AvgIpc) is 3.09. The van der Waals surface area contributed by atoms with Crippen LogP contribution in [-0.2, 0) is 20.7 Å². The number of hydrogen-bond donors (Lipinski definition) is 1. The van der Waals surface area contributed by atoms with E-state index in [2.05, 4.69) is 5.32 Å². The van der Waals surface area contributed by atoms with Crippen LogP contribution < -0.4 is 5.32 Å². The minimum atomic E-state index is -0.598. The van der Waals surface area contributed by atoms with E-state index in [1.807, 2.05) is 30.3 Å². The Morgan fingerprint density at radius 3 is 2.59 bits per heavy atom. The van der Waals surface area contributed by atoms with Gasteiger partial charge in [0.1, 0.15) is 12.1 Å². The normalized spacial score (nSPS) is 27.4. The molecule has 1 N–H and O–H groups in total. The summed E-state index contributed by atoms with van der Waals surface area (Å²) in [5.41, 5.74) is 1.02. The van der Waals surface area contributed by atoms with E-state index < -0.39 is 6.04 Å². The molecule has 0 radical (unpaired) electrons. The van der Waals surface area contributed by atoms with Crippen LogP contribution >= 0.6 is 0 Å². The molecule has 0 saturated heterocycles. The highest BCUT2D eigenvalue weighted by molar-refractivity contribution is 5.83. The molecule has 22 heavy (non-hydrogen) atoms. The van der Waals surface area contributed by atoms with Crippen molar-refractivity contribution in [3.63, 3.8) is 0 Å². The number of ether oxygens (including phenoxy) is 1. The summed E-state index contributed by atoms with van der Waals surface area (Å²) in [5, 5.41) is 2.73. The fraction of sp³-hybridized carbons (Fsp3) is 0.556. The monoisotopic (exact) mass is 301 g/mol. The van der Waals surface area contributed by atoms with Crippen LogP contribution in [0.15, 0.2) is 30.3 Å². The summed E-state index contributed by atoms with van der Waals surface area (Å²) in [6.07, 6.45) is 5.17. The summed E-state index contributed by atoms with van der Waals surface area (Å²) < 4.78 is 5.73. The Balaban J connectivity index is 1.63. The number of carbonyl (C=O) groups is 2. The van der Waals surface area contributed by atoms with E-state index in [-0.39, 0.29) is 18.0 Å². The van der Waals surface area contributed by atoms with Crippen LogP contribution in [0.5, 0.6) is 0 Å². The van der Waals surface area contributed by atoms with Crippen molar-refractivity contribution in [3.8, 4) is 0 Å².